The molecule has 1 unspecified atom stereocenters. The van der Waals surface area contributed by atoms with Crippen molar-refractivity contribution in [2.75, 3.05) is 25.2 Å². The van der Waals surface area contributed by atoms with Crippen molar-refractivity contribution in [2.45, 2.75) is 31.5 Å². The first-order valence-corrected chi connectivity index (χ1v) is 12.7. The lowest BCUT2D eigenvalue weighted by Gasteiger charge is -2.26. The molecule has 0 spiro atoms. The van der Waals surface area contributed by atoms with E-state index in [-0.39, 0.29) is 24.1 Å². The van der Waals surface area contributed by atoms with Crippen molar-refractivity contribution in [2.24, 2.45) is 0 Å². The van der Waals surface area contributed by atoms with Crippen molar-refractivity contribution < 1.29 is 31.8 Å². The molecule has 1 atom stereocenters. The first-order valence-electron chi connectivity index (χ1n) is 12.7. The van der Waals surface area contributed by atoms with Crippen molar-refractivity contribution in [3.8, 4) is 33.9 Å². The summed E-state index contributed by atoms with van der Waals surface area (Å²) in [6, 6.07) is 14.2. The first-order chi connectivity index (χ1) is 19.2. The Bertz CT molecular complexity index is 1600. The molecule has 6 rings (SSSR count). The van der Waals surface area contributed by atoms with Crippen LogP contribution in [0, 0.1) is 5.82 Å². The molecule has 0 N–H and O–H groups in total. The quantitative estimate of drug-likeness (QED) is 0.294. The Balaban J connectivity index is 1.31. The van der Waals surface area contributed by atoms with Crippen LogP contribution < -0.4 is 14.4 Å². The highest BCUT2D eigenvalue weighted by Gasteiger charge is 2.40. The third-order valence-corrected chi connectivity index (χ3v) is 7.27. The number of halogens is 4. The van der Waals surface area contributed by atoms with E-state index in [2.05, 4.69) is 16.4 Å². The van der Waals surface area contributed by atoms with E-state index in [9.17, 15) is 22.4 Å². The lowest BCUT2D eigenvalue weighted by molar-refractivity contribution is -0.134. The van der Waals surface area contributed by atoms with E-state index in [1.54, 1.807) is 13.2 Å². The minimum Gasteiger partial charge on any atom is -0.496 e. The van der Waals surface area contributed by atoms with Gasteiger partial charge in [0.25, 0.3) is 5.91 Å². The smallest absolute Gasteiger partial charge is 0.406 e. The van der Waals surface area contributed by atoms with Crippen LogP contribution >= 0.6 is 0 Å². The molecule has 2 aliphatic heterocycles. The summed E-state index contributed by atoms with van der Waals surface area (Å²) < 4.78 is 67.4. The molecule has 2 aliphatic rings. The Kier molecular flexibility index (Phi) is 6.44. The van der Waals surface area contributed by atoms with Crippen LogP contribution in [0.25, 0.3) is 22.4 Å². The molecule has 0 saturated carbocycles. The first kappa shape index (κ1) is 25.8. The van der Waals surface area contributed by atoms with Crippen LogP contribution in [0.15, 0.2) is 60.8 Å². The highest BCUT2D eigenvalue weighted by atomic mass is 19.4. The van der Waals surface area contributed by atoms with E-state index < -0.39 is 30.5 Å². The number of aromatic nitrogens is 3. The van der Waals surface area contributed by atoms with Crippen molar-refractivity contribution in [3.05, 3.63) is 77.7 Å². The molecule has 11 heteroatoms. The number of alkyl halides is 3. The number of rotatable bonds is 5. The number of carbonyl (C=O) groups excluding carboxylic acids is 1. The van der Waals surface area contributed by atoms with Crippen molar-refractivity contribution in [1.29, 1.82) is 0 Å². The van der Waals surface area contributed by atoms with Crippen LogP contribution in [-0.2, 0) is 17.6 Å². The maximum atomic E-state index is 14.6. The lowest BCUT2D eigenvalue weighted by atomic mass is 9.99. The molecule has 3 aromatic carbocycles. The molecule has 0 bridgehead atoms. The summed E-state index contributed by atoms with van der Waals surface area (Å²) in [5.41, 5.74) is 4.02. The fraction of sp³-hybridized carbons (Fsp3) is 0.276. The summed E-state index contributed by atoms with van der Waals surface area (Å²) in [6.45, 7) is -0.878. The van der Waals surface area contributed by atoms with Gasteiger partial charge in [0.2, 0.25) is 0 Å². The largest absolute Gasteiger partial charge is 0.496 e. The lowest BCUT2D eigenvalue weighted by Crippen LogP contribution is -2.42. The average Bonchev–Trinajstić information content (AvgIpc) is 3.59. The highest BCUT2D eigenvalue weighted by molar-refractivity contribution is 5.97. The number of anilines is 1. The van der Waals surface area contributed by atoms with Crippen LogP contribution in [0.4, 0.5) is 23.2 Å². The van der Waals surface area contributed by atoms with E-state index in [1.165, 1.54) is 29.1 Å². The molecule has 0 saturated heterocycles. The molecule has 4 aromatic rings. The van der Waals surface area contributed by atoms with E-state index in [1.807, 2.05) is 24.3 Å². The van der Waals surface area contributed by atoms with Gasteiger partial charge < -0.3 is 14.4 Å². The number of fused-ring (bicyclic) bond motifs is 2. The van der Waals surface area contributed by atoms with Gasteiger partial charge in [0, 0.05) is 23.1 Å². The number of methoxy groups -OCH3 is 1. The number of nitrogens with zero attached hydrogens (tertiary/aromatic N) is 4. The SMILES string of the molecule is COc1cc(-c2cn(C3CCc4c(F)cccc4N(CC(F)(F)F)C3=O)nn2)ccc1-c1ccc2c(c1)CCO2. The fourth-order valence-corrected chi connectivity index (χ4v) is 5.34. The van der Waals surface area contributed by atoms with Gasteiger partial charge in [-0.2, -0.15) is 13.2 Å². The summed E-state index contributed by atoms with van der Waals surface area (Å²) in [5.74, 6) is -0.00508. The number of hydrogen-bond acceptors (Lipinski definition) is 5. The van der Waals surface area contributed by atoms with E-state index in [0.29, 0.717) is 28.5 Å². The second-order valence-corrected chi connectivity index (χ2v) is 9.75. The Hall–Kier alpha value is -4.41. The summed E-state index contributed by atoms with van der Waals surface area (Å²) in [7, 11) is 1.56. The van der Waals surface area contributed by atoms with Gasteiger partial charge in [-0.1, -0.05) is 23.4 Å². The topological polar surface area (TPSA) is 69.5 Å². The second kappa shape index (κ2) is 9.96. The summed E-state index contributed by atoms with van der Waals surface area (Å²) in [4.78, 5) is 14.0. The van der Waals surface area contributed by atoms with Gasteiger partial charge in [-0.15, -0.1) is 5.10 Å². The van der Waals surface area contributed by atoms with Crippen LogP contribution in [0.1, 0.15) is 23.6 Å². The fourth-order valence-electron chi connectivity index (χ4n) is 5.34. The molecule has 3 heterocycles. The second-order valence-electron chi connectivity index (χ2n) is 9.75. The minimum absolute atomic E-state index is 0.0637. The van der Waals surface area contributed by atoms with Gasteiger partial charge in [-0.25, -0.2) is 9.07 Å². The number of amides is 1. The molecule has 0 aliphatic carbocycles. The maximum absolute atomic E-state index is 14.6. The Labute approximate surface area is 226 Å². The van der Waals surface area contributed by atoms with Gasteiger partial charge in [0.05, 0.1) is 25.6 Å². The van der Waals surface area contributed by atoms with E-state index in [0.717, 1.165) is 28.9 Å². The van der Waals surface area contributed by atoms with Gasteiger partial charge >= 0.3 is 6.18 Å². The zero-order valence-electron chi connectivity index (χ0n) is 21.4. The molecule has 7 nitrogen and oxygen atoms in total. The number of benzene rings is 3. The zero-order valence-corrected chi connectivity index (χ0v) is 21.4. The zero-order chi connectivity index (χ0) is 28.0. The molecule has 0 fully saturated rings. The van der Waals surface area contributed by atoms with Crippen molar-refractivity contribution >= 4 is 11.6 Å². The van der Waals surface area contributed by atoms with Crippen LogP contribution in [0.5, 0.6) is 11.5 Å². The standard InChI is InChI=1S/C29H24F4N4O3/c1-39-27-14-18(5-7-20(27)17-6-10-26-19(13-17)11-12-40-26)23-15-37(35-34-23)25-9-8-21-22(30)3-2-4-24(21)36(28(25)38)16-29(31,32)33/h2-7,10,13-15,25H,8-9,11-12,16H2,1H3. The maximum Gasteiger partial charge on any atom is 0.406 e. The Morgan fingerprint density at radius 3 is 2.70 bits per heavy atom. The predicted molar refractivity (Wildman–Crippen MR) is 139 cm³/mol. The summed E-state index contributed by atoms with van der Waals surface area (Å²) in [6.07, 6.45) is -2.19. The van der Waals surface area contributed by atoms with Crippen molar-refractivity contribution in [3.63, 3.8) is 0 Å². The third kappa shape index (κ3) is 4.76. The molecule has 1 aromatic heterocycles. The number of ether oxygens (including phenoxy) is 2. The van der Waals surface area contributed by atoms with Gasteiger partial charge in [0.1, 0.15) is 35.6 Å². The van der Waals surface area contributed by atoms with Gasteiger partial charge in [-0.3, -0.25) is 4.79 Å². The van der Waals surface area contributed by atoms with Crippen molar-refractivity contribution in [1.82, 2.24) is 15.0 Å². The number of carbonyl (C=O) groups is 1. The molecular formula is C29H24F4N4O3. The summed E-state index contributed by atoms with van der Waals surface area (Å²) >= 11 is 0. The molecule has 40 heavy (non-hydrogen) atoms. The summed E-state index contributed by atoms with van der Waals surface area (Å²) in [5, 5.41) is 8.28. The van der Waals surface area contributed by atoms with Crippen LogP contribution in [-0.4, -0.2) is 47.3 Å². The third-order valence-electron chi connectivity index (χ3n) is 7.27. The van der Waals surface area contributed by atoms with Gasteiger partial charge in [0.15, 0.2) is 0 Å². The number of hydrogen-bond donors (Lipinski definition) is 0. The molecule has 0 radical (unpaired) electrons. The van der Waals surface area contributed by atoms with E-state index in [4.69, 9.17) is 9.47 Å². The van der Waals surface area contributed by atoms with Crippen LogP contribution in [0.2, 0.25) is 0 Å². The molecular weight excluding hydrogens is 528 g/mol. The Morgan fingerprint density at radius 2 is 1.90 bits per heavy atom. The normalized spacial score (nSPS) is 16.8. The van der Waals surface area contributed by atoms with Gasteiger partial charge in [-0.05, 0) is 60.4 Å². The molecule has 206 valence electrons. The monoisotopic (exact) mass is 552 g/mol. The predicted octanol–water partition coefficient (Wildman–Crippen LogP) is 5.78. The minimum atomic E-state index is -4.67. The van der Waals surface area contributed by atoms with Crippen LogP contribution in [0.3, 0.4) is 0 Å². The van der Waals surface area contributed by atoms with E-state index >= 15 is 0 Å². The molecule has 1 amide bonds. The average molecular weight is 553 g/mol. The highest BCUT2D eigenvalue weighted by Crippen LogP contribution is 2.38. The Morgan fingerprint density at radius 1 is 1.07 bits per heavy atom.